The standard InChI is InChI=1S/C15H19O4P/c1-4-17-20(18-5-2)19-15-13-9-7-6-8-12(13)10-11-14(15)16-3/h6-11H,4-5H2,1-3H3. The molecule has 0 aliphatic carbocycles. The quantitative estimate of drug-likeness (QED) is 0.703. The molecule has 0 aliphatic rings. The van der Waals surface area contributed by atoms with Crippen LogP contribution < -0.4 is 9.26 Å². The lowest BCUT2D eigenvalue weighted by molar-refractivity contribution is 0.219. The highest BCUT2D eigenvalue weighted by Gasteiger charge is 2.18. The number of benzene rings is 2. The smallest absolute Gasteiger partial charge is 0.397 e. The van der Waals surface area contributed by atoms with Crippen molar-refractivity contribution in [3.05, 3.63) is 36.4 Å². The van der Waals surface area contributed by atoms with Gasteiger partial charge in [-0.2, -0.15) is 0 Å². The van der Waals surface area contributed by atoms with Crippen molar-refractivity contribution in [1.82, 2.24) is 0 Å². The van der Waals surface area contributed by atoms with Gasteiger partial charge < -0.3 is 18.3 Å². The highest BCUT2D eigenvalue weighted by Crippen LogP contribution is 2.46. The Hall–Kier alpha value is -1.35. The molecule has 0 spiro atoms. The van der Waals surface area contributed by atoms with Gasteiger partial charge in [-0.15, -0.1) is 0 Å². The van der Waals surface area contributed by atoms with Gasteiger partial charge in [0.2, 0.25) is 0 Å². The largest absolute Gasteiger partial charge is 0.493 e. The van der Waals surface area contributed by atoms with Crippen molar-refractivity contribution in [3.63, 3.8) is 0 Å². The SMILES string of the molecule is CCOP(OCC)Oc1c(OC)ccc2ccccc12. The zero-order chi connectivity index (χ0) is 14.4. The molecule has 0 aromatic heterocycles. The second-order valence-corrected chi connectivity index (χ2v) is 5.11. The molecule has 20 heavy (non-hydrogen) atoms. The molecule has 4 nitrogen and oxygen atoms in total. The highest BCUT2D eigenvalue weighted by atomic mass is 31.2. The molecule has 0 N–H and O–H groups in total. The van der Waals surface area contributed by atoms with Gasteiger partial charge in [0.15, 0.2) is 11.5 Å². The van der Waals surface area contributed by atoms with E-state index in [-0.39, 0.29) is 0 Å². The third-order valence-corrected chi connectivity index (χ3v) is 3.97. The van der Waals surface area contributed by atoms with E-state index < -0.39 is 8.60 Å². The number of methoxy groups -OCH3 is 1. The van der Waals surface area contributed by atoms with Gasteiger partial charge in [0.1, 0.15) is 0 Å². The van der Waals surface area contributed by atoms with Crippen LogP contribution in [0.5, 0.6) is 11.5 Å². The van der Waals surface area contributed by atoms with Gasteiger partial charge in [0.05, 0.1) is 20.3 Å². The van der Waals surface area contributed by atoms with Crippen LogP contribution in [0.4, 0.5) is 0 Å². The normalized spacial score (nSPS) is 11.0. The number of hydrogen-bond donors (Lipinski definition) is 0. The lowest BCUT2D eigenvalue weighted by Gasteiger charge is -2.18. The number of rotatable bonds is 7. The maximum atomic E-state index is 5.93. The van der Waals surface area contributed by atoms with Crippen LogP contribution in [0.3, 0.4) is 0 Å². The average Bonchev–Trinajstić information content (AvgIpc) is 2.48. The Morgan fingerprint density at radius 1 is 0.950 bits per heavy atom. The van der Waals surface area contributed by atoms with Crippen LogP contribution in [0.1, 0.15) is 13.8 Å². The summed E-state index contributed by atoms with van der Waals surface area (Å²) in [6.45, 7) is 4.91. The molecule has 0 radical (unpaired) electrons. The van der Waals surface area contributed by atoms with Gasteiger partial charge in [-0.1, -0.05) is 30.3 Å². The van der Waals surface area contributed by atoms with Crippen LogP contribution >= 0.6 is 8.60 Å². The van der Waals surface area contributed by atoms with Crippen molar-refractivity contribution in [2.24, 2.45) is 0 Å². The summed E-state index contributed by atoms with van der Waals surface area (Å²) in [5.41, 5.74) is 0. The third-order valence-electron chi connectivity index (χ3n) is 2.70. The van der Waals surface area contributed by atoms with Gasteiger partial charge in [-0.05, 0) is 25.3 Å². The lowest BCUT2D eigenvalue weighted by Crippen LogP contribution is -1.99. The van der Waals surface area contributed by atoms with Crippen molar-refractivity contribution in [3.8, 4) is 11.5 Å². The van der Waals surface area contributed by atoms with E-state index >= 15 is 0 Å². The molecule has 0 atom stereocenters. The van der Waals surface area contributed by atoms with Crippen molar-refractivity contribution in [2.75, 3.05) is 20.3 Å². The molecular weight excluding hydrogens is 275 g/mol. The first kappa shape index (κ1) is 15.0. The van der Waals surface area contributed by atoms with Gasteiger partial charge in [-0.25, -0.2) is 0 Å². The predicted octanol–water partition coefficient (Wildman–Crippen LogP) is 4.53. The molecule has 0 aliphatic heterocycles. The van der Waals surface area contributed by atoms with E-state index in [2.05, 4.69) is 0 Å². The minimum Gasteiger partial charge on any atom is -0.493 e. The first-order valence-corrected chi connectivity index (χ1v) is 7.69. The molecule has 0 saturated heterocycles. The monoisotopic (exact) mass is 294 g/mol. The second kappa shape index (κ2) is 7.44. The van der Waals surface area contributed by atoms with E-state index in [1.165, 1.54) is 0 Å². The van der Waals surface area contributed by atoms with E-state index in [4.69, 9.17) is 18.3 Å². The second-order valence-electron chi connectivity index (χ2n) is 3.97. The fourth-order valence-corrected chi connectivity index (χ4v) is 2.79. The molecule has 2 aromatic rings. The van der Waals surface area contributed by atoms with Crippen LogP contribution in [0, 0.1) is 0 Å². The molecule has 0 heterocycles. The van der Waals surface area contributed by atoms with Gasteiger partial charge in [0, 0.05) is 5.39 Å². The Balaban J connectivity index is 2.39. The van der Waals surface area contributed by atoms with Crippen molar-refractivity contribution in [2.45, 2.75) is 13.8 Å². The molecule has 0 unspecified atom stereocenters. The van der Waals surface area contributed by atoms with Crippen LogP contribution in [-0.4, -0.2) is 20.3 Å². The van der Waals surface area contributed by atoms with Gasteiger partial charge >= 0.3 is 8.60 Å². The zero-order valence-corrected chi connectivity index (χ0v) is 12.9. The van der Waals surface area contributed by atoms with Crippen molar-refractivity contribution >= 4 is 19.4 Å². The summed E-state index contributed by atoms with van der Waals surface area (Å²) in [6, 6.07) is 11.9. The summed E-state index contributed by atoms with van der Waals surface area (Å²) in [7, 11) is 0.213. The molecule has 0 bridgehead atoms. The van der Waals surface area contributed by atoms with Crippen LogP contribution in [0.25, 0.3) is 10.8 Å². The summed E-state index contributed by atoms with van der Waals surface area (Å²) < 4.78 is 22.3. The fraction of sp³-hybridized carbons (Fsp3) is 0.333. The topological polar surface area (TPSA) is 36.9 Å². The average molecular weight is 294 g/mol. The molecular formula is C15H19O4P. The Morgan fingerprint density at radius 2 is 1.65 bits per heavy atom. The van der Waals surface area contributed by atoms with Crippen LogP contribution in [0.15, 0.2) is 36.4 Å². The molecule has 0 fully saturated rings. The van der Waals surface area contributed by atoms with Crippen molar-refractivity contribution in [1.29, 1.82) is 0 Å². The molecule has 5 heteroatoms. The Kier molecular flexibility index (Phi) is 5.60. The summed E-state index contributed by atoms with van der Waals surface area (Å²) >= 11 is 0. The summed E-state index contributed by atoms with van der Waals surface area (Å²) in [6.07, 6.45) is 0. The lowest BCUT2D eigenvalue weighted by atomic mass is 10.1. The Labute approximate surface area is 120 Å². The first-order valence-electron chi connectivity index (χ1n) is 6.59. The Morgan fingerprint density at radius 3 is 2.30 bits per heavy atom. The van der Waals surface area contributed by atoms with Crippen molar-refractivity contribution < 1.29 is 18.3 Å². The predicted molar refractivity (Wildman–Crippen MR) is 81.3 cm³/mol. The van der Waals surface area contributed by atoms with Gasteiger partial charge in [0.25, 0.3) is 0 Å². The molecule has 108 valence electrons. The zero-order valence-electron chi connectivity index (χ0n) is 12.0. The maximum absolute atomic E-state index is 5.93. The van der Waals surface area contributed by atoms with E-state index in [0.717, 1.165) is 10.8 Å². The van der Waals surface area contributed by atoms with Gasteiger partial charge in [-0.3, -0.25) is 0 Å². The molecule has 0 amide bonds. The molecule has 2 rings (SSSR count). The summed E-state index contributed by atoms with van der Waals surface area (Å²) in [5, 5.41) is 2.07. The Bertz CT molecular complexity index is 553. The first-order chi connectivity index (χ1) is 9.80. The van der Waals surface area contributed by atoms with E-state index in [0.29, 0.717) is 24.7 Å². The minimum absolute atomic E-state index is 0.540. The summed E-state index contributed by atoms with van der Waals surface area (Å²) in [5.74, 6) is 1.34. The third kappa shape index (κ3) is 3.40. The van der Waals surface area contributed by atoms with E-state index in [1.54, 1.807) is 7.11 Å². The molecule has 0 saturated carbocycles. The number of hydrogen-bond acceptors (Lipinski definition) is 4. The summed E-state index contributed by atoms with van der Waals surface area (Å²) in [4.78, 5) is 0. The maximum Gasteiger partial charge on any atom is 0.397 e. The minimum atomic E-state index is -1.41. The molecule has 2 aromatic carbocycles. The number of fused-ring (bicyclic) bond motifs is 1. The fourth-order valence-electron chi connectivity index (χ4n) is 1.85. The highest BCUT2D eigenvalue weighted by molar-refractivity contribution is 7.42. The van der Waals surface area contributed by atoms with Crippen LogP contribution in [-0.2, 0) is 9.05 Å². The van der Waals surface area contributed by atoms with E-state index in [1.807, 2.05) is 50.2 Å². The number of ether oxygens (including phenoxy) is 1. The van der Waals surface area contributed by atoms with E-state index in [9.17, 15) is 0 Å². The van der Waals surface area contributed by atoms with Crippen LogP contribution in [0.2, 0.25) is 0 Å².